The molecule has 1 aliphatic rings. The fraction of sp³-hybridized carbons (Fsp3) is 0.333. The van der Waals surface area contributed by atoms with Crippen LogP contribution < -0.4 is 11.1 Å². The van der Waals surface area contributed by atoms with Gasteiger partial charge in [0.15, 0.2) is 0 Å². The van der Waals surface area contributed by atoms with Gasteiger partial charge < -0.3 is 11.1 Å². The molecule has 26 heavy (non-hydrogen) atoms. The number of carbonyl (C=O) groups excluding carboxylic acids is 1. The lowest BCUT2D eigenvalue weighted by atomic mass is 9.99. The summed E-state index contributed by atoms with van der Waals surface area (Å²) in [4.78, 5) is 16.4. The van der Waals surface area contributed by atoms with E-state index in [1.807, 2.05) is 18.2 Å². The van der Waals surface area contributed by atoms with Crippen LogP contribution in [0.1, 0.15) is 18.4 Å². The molecular weight excluding hydrogens is 352 g/mol. The van der Waals surface area contributed by atoms with Crippen LogP contribution in [0.25, 0.3) is 0 Å². The number of carbonyl (C=O) groups is 1. The average molecular weight is 374 g/mol. The number of hydrogen-bond acceptors (Lipinski definition) is 5. The minimum atomic E-state index is -3.46. The first-order valence-corrected chi connectivity index (χ1v) is 10.1. The number of pyridine rings is 1. The summed E-state index contributed by atoms with van der Waals surface area (Å²) in [6.45, 7) is 0.645. The van der Waals surface area contributed by atoms with E-state index in [4.69, 9.17) is 5.73 Å². The zero-order valence-electron chi connectivity index (χ0n) is 14.3. The van der Waals surface area contributed by atoms with Crippen LogP contribution in [0.4, 0.5) is 11.5 Å². The number of nitrogen functional groups attached to an aromatic ring is 1. The molecule has 1 aliphatic heterocycles. The molecule has 1 aromatic carbocycles. The maximum atomic E-state index is 12.7. The van der Waals surface area contributed by atoms with E-state index in [1.165, 1.54) is 10.5 Å². The van der Waals surface area contributed by atoms with Gasteiger partial charge in [-0.05, 0) is 30.5 Å². The van der Waals surface area contributed by atoms with E-state index in [1.54, 1.807) is 24.3 Å². The van der Waals surface area contributed by atoms with Crippen molar-refractivity contribution in [1.82, 2.24) is 9.29 Å². The maximum Gasteiger partial charge on any atom is 0.228 e. The molecule has 0 radical (unpaired) electrons. The van der Waals surface area contributed by atoms with Gasteiger partial charge in [-0.3, -0.25) is 4.79 Å². The highest BCUT2D eigenvalue weighted by atomic mass is 32.2. The summed E-state index contributed by atoms with van der Waals surface area (Å²) < 4.78 is 26.8. The fourth-order valence-corrected chi connectivity index (χ4v) is 4.62. The van der Waals surface area contributed by atoms with Crippen LogP contribution >= 0.6 is 0 Å². The van der Waals surface area contributed by atoms with Crippen LogP contribution in [0.15, 0.2) is 48.7 Å². The Morgan fingerprint density at radius 2 is 2.00 bits per heavy atom. The van der Waals surface area contributed by atoms with E-state index in [2.05, 4.69) is 10.3 Å². The lowest BCUT2D eigenvalue weighted by Crippen LogP contribution is -2.44. The highest BCUT2D eigenvalue weighted by Crippen LogP contribution is 2.23. The van der Waals surface area contributed by atoms with Gasteiger partial charge >= 0.3 is 0 Å². The summed E-state index contributed by atoms with van der Waals surface area (Å²) in [5.41, 5.74) is 6.82. The molecule has 1 amide bonds. The number of piperidine rings is 1. The molecule has 3 N–H and O–H groups in total. The topological polar surface area (TPSA) is 105 Å². The number of aromatic nitrogens is 1. The van der Waals surface area contributed by atoms with Gasteiger partial charge in [-0.15, -0.1) is 0 Å². The first-order chi connectivity index (χ1) is 12.4. The Balaban J connectivity index is 1.64. The first kappa shape index (κ1) is 18.3. The Bertz CT molecular complexity index is 854. The van der Waals surface area contributed by atoms with Crippen LogP contribution in [0.2, 0.25) is 0 Å². The highest BCUT2D eigenvalue weighted by Gasteiger charge is 2.32. The van der Waals surface area contributed by atoms with Crippen LogP contribution in [0.5, 0.6) is 0 Å². The fourth-order valence-electron chi connectivity index (χ4n) is 3.01. The molecule has 0 saturated carbocycles. The van der Waals surface area contributed by atoms with E-state index in [0.717, 1.165) is 5.56 Å². The second-order valence-corrected chi connectivity index (χ2v) is 8.37. The van der Waals surface area contributed by atoms with Gasteiger partial charge in [0.25, 0.3) is 0 Å². The van der Waals surface area contributed by atoms with E-state index in [-0.39, 0.29) is 24.1 Å². The number of nitrogens with zero attached hydrogens (tertiary/aromatic N) is 2. The molecule has 1 unspecified atom stereocenters. The average Bonchev–Trinajstić information content (AvgIpc) is 2.64. The molecule has 3 rings (SSSR count). The molecule has 2 heterocycles. The van der Waals surface area contributed by atoms with Crippen molar-refractivity contribution in [2.45, 2.75) is 18.6 Å². The second-order valence-electron chi connectivity index (χ2n) is 6.40. The van der Waals surface area contributed by atoms with Gasteiger partial charge in [-0.2, -0.15) is 0 Å². The van der Waals surface area contributed by atoms with Crippen molar-refractivity contribution in [3.05, 3.63) is 54.2 Å². The summed E-state index contributed by atoms with van der Waals surface area (Å²) in [5, 5.41) is 2.78. The number of sulfonamides is 1. The number of nitrogens with one attached hydrogen (secondary N) is 1. The molecule has 1 saturated heterocycles. The molecular formula is C18H22N4O3S. The predicted molar refractivity (Wildman–Crippen MR) is 101 cm³/mol. The van der Waals surface area contributed by atoms with Crippen LogP contribution in [0.3, 0.4) is 0 Å². The Labute approximate surface area is 153 Å². The van der Waals surface area contributed by atoms with Crippen molar-refractivity contribution in [3.8, 4) is 0 Å². The summed E-state index contributed by atoms with van der Waals surface area (Å²) in [6, 6.07) is 12.3. The number of amides is 1. The summed E-state index contributed by atoms with van der Waals surface area (Å²) in [7, 11) is -3.46. The quantitative estimate of drug-likeness (QED) is 0.831. The summed E-state index contributed by atoms with van der Waals surface area (Å²) in [5.74, 6) is -0.258. The third-order valence-electron chi connectivity index (χ3n) is 4.39. The van der Waals surface area contributed by atoms with Crippen LogP contribution in [-0.2, 0) is 20.6 Å². The van der Waals surface area contributed by atoms with Crippen molar-refractivity contribution >= 4 is 27.4 Å². The maximum absolute atomic E-state index is 12.7. The van der Waals surface area contributed by atoms with Crippen molar-refractivity contribution in [3.63, 3.8) is 0 Å². The van der Waals surface area contributed by atoms with E-state index < -0.39 is 10.0 Å². The number of hydrogen-bond donors (Lipinski definition) is 2. The molecule has 1 aromatic heterocycles. The molecule has 7 nitrogen and oxygen atoms in total. The second kappa shape index (κ2) is 7.84. The Morgan fingerprint density at radius 3 is 2.69 bits per heavy atom. The van der Waals surface area contributed by atoms with E-state index >= 15 is 0 Å². The number of anilines is 2. The summed E-state index contributed by atoms with van der Waals surface area (Å²) in [6.07, 6.45) is 2.80. The number of benzene rings is 1. The third-order valence-corrected chi connectivity index (χ3v) is 6.21. The lowest BCUT2D eigenvalue weighted by molar-refractivity contribution is -0.120. The van der Waals surface area contributed by atoms with Gasteiger partial charge in [0.1, 0.15) is 5.82 Å². The zero-order chi connectivity index (χ0) is 18.6. The molecule has 138 valence electrons. The van der Waals surface area contributed by atoms with Gasteiger partial charge in [-0.25, -0.2) is 17.7 Å². The zero-order valence-corrected chi connectivity index (χ0v) is 15.2. The molecule has 2 aromatic rings. The van der Waals surface area contributed by atoms with Crippen molar-refractivity contribution in [2.75, 3.05) is 24.1 Å². The molecule has 1 fully saturated rings. The van der Waals surface area contributed by atoms with Gasteiger partial charge in [-0.1, -0.05) is 30.3 Å². The first-order valence-electron chi connectivity index (χ1n) is 8.48. The van der Waals surface area contributed by atoms with E-state index in [9.17, 15) is 13.2 Å². The SMILES string of the molecule is Nc1ccc(NC(=O)C2CCCN(S(=O)(=O)Cc3ccccc3)C2)cn1. The van der Waals surface area contributed by atoms with Crippen molar-refractivity contribution in [1.29, 1.82) is 0 Å². The molecule has 0 bridgehead atoms. The van der Waals surface area contributed by atoms with Crippen LogP contribution in [0, 0.1) is 5.92 Å². The van der Waals surface area contributed by atoms with Gasteiger partial charge in [0.2, 0.25) is 15.9 Å². The Hall–Kier alpha value is -2.45. The third kappa shape index (κ3) is 4.59. The predicted octanol–water partition coefficient (Wildman–Crippen LogP) is 1.84. The van der Waals surface area contributed by atoms with E-state index in [0.29, 0.717) is 30.9 Å². The largest absolute Gasteiger partial charge is 0.384 e. The Morgan fingerprint density at radius 1 is 1.23 bits per heavy atom. The standard InChI is InChI=1S/C18H22N4O3S/c19-17-9-8-16(11-20-17)21-18(23)15-7-4-10-22(12-15)26(24,25)13-14-5-2-1-3-6-14/h1-3,5-6,8-9,11,15H,4,7,10,12-13H2,(H2,19,20)(H,21,23). The summed E-state index contributed by atoms with van der Waals surface area (Å²) >= 11 is 0. The molecule has 0 aliphatic carbocycles. The molecule has 8 heteroatoms. The minimum absolute atomic E-state index is 0.0515. The highest BCUT2D eigenvalue weighted by molar-refractivity contribution is 7.88. The van der Waals surface area contributed by atoms with Gasteiger partial charge in [0, 0.05) is 13.1 Å². The molecule has 0 spiro atoms. The normalized spacial score (nSPS) is 18.4. The monoisotopic (exact) mass is 374 g/mol. The van der Waals surface area contributed by atoms with Crippen molar-refractivity contribution < 1.29 is 13.2 Å². The van der Waals surface area contributed by atoms with Gasteiger partial charge in [0.05, 0.1) is 23.6 Å². The lowest BCUT2D eigenvalue weighted by Gasteiger charge is -2.31. The number of nitrogens with two attached hydrogens (primary N) is 1. The molecule has 1 atom stereocenters. The minimum Gasteiger partial charge on any atom is -0.384 e. The van der Waals surface area contributed by atoms with Crippen LogP contribution in [-0.4, -0.2) is 36.7 Å². The van der Waals surface area contributed by atoms with Crippen molar-refractivity contribution in [2.24, 2.45) is 5.92 Å². The number of rotatable bonds is 5. The smallest absolute Gasteiger partial charge is 0.228 e. The Kier molecular flexibility index (Phi) is 5.53.